The van der Waals surface area contributed by atoms with Crippen LogP contribution < -0.4 is 9.47 Å². The van der Waals surface area contributed by atoms with E-state index in [1.165, 1.54) is 24.3 Å². The fourth-order valence-electron chi connectivity index (χ4n) is 3.30. The second kappa shape index (κ2) is 9.72. The zero-order chi connectivity index (χ0) is 23.3. The number of hydrogen-bond donors (Lipinski definition) is 1. The highest BCUT2D eigenvalue weighted by Gasteiger charge is 2.34. The molecule has 31 heavy (non-hydrogen) atoms. The molecular weight excluding hydrogens is 415 g/mol. The maximum absolute atomic E-state index is 13.5. The summed E-state index contributed by atoms with van der Waals surface area (Å²) < 4.78 is 50.3. The van der Waals surface area contributed by atoms with E-state index < -0.39 is 23.6 Å². The zero-order valence-electron chi connectivity index (χ0n) is 17.6. The summed E-state index contributed by atoms with van der Waals surface area (Å²) in [6, 6.07) is 8.76. The number of hydrogen-bond acceptors (Lipinski definition) is 4. The Morgan fingerprint density at radius 3 is 2.00 bits per heavy atom. The zero-order valence-corrected chi connectivity index (χ0v) is 17.6. The molecule has 0 saturated carbocycles. The van der Waals surface area contributed by atoms with Crippen LogP contribution in [0.25, 0.3) is 11.1 Å². The number of nitrogens with zero attached hydrogens (tertiary/aromatic N) is 1. The first kappa shape index (κ1) is 24.0. The number of amides is 1. The van der Waals surface area contributed by atoms with Crippen molar-refractivity contribution in [3.05, 3.63) is 48.0 Å². The van der Waals surface area contributed by atoms with Crippen molar-refractivity contribution in [1.82, 2.24) is 4.90 Å². The van der Waals surface area contributed by atoms with E-state index in [0.29, 0.717) is 11.8 Å². The third kappa shape index (κ3) is 6.37. The second-order valence-corrected chi connectivity index (χ2v) is 7.37. The van der Waals surface area contributed by atoms with Gasteiger partial charge in [-0.2, -0.15) is 13.2 Å². The Hall–Kier alpha value is -3.23. The summed E-state index contributed by atoms with van der Waals surface area (Å²) in [5.41, 5.74) is -0.919. The number of alkyl halides is 3. The molecule has 0 atom stereocenters. The molecule has 0 aliphatic rings. The van der Waals surface area contributed by atoms with Crippen LogP contribution in [0.1, 0.15) is 33.3 Å². The summed E-state index contributed by atoms with van der Waals surface area (Å²) in [5.74, 6) is -0.284. The van der Waals surface area contributed by atoms with Gasteiger partial charge in [-0.1, -0.05) is 18.2 Å². The van der Waals surface area contributed by atoms with Gasteiger partial charge in [-0.3, -0.25) is 4.79 Å². The Kier molecular flexibility index (Phi) is 7.54. The molecule has 2 rings (SSSR count). The molecule has 1 N–H and O–H groups in total. The van der Waals surface area contributed by atoms with Gasteiger partial charge in [-0.05, 0) is 63.1 Å². The molecule has 0 saturated heterocycles. The predicted molar refractivity (Wildman–Crippen MR) is 108 cm³/mol. The first-order valence-corrected chi connectivity index (χ1v) is 9.56. The molecular formula is C22H24F3NO5. The summed E-state index contributed by atoms with van der Waals surface area (Å²) in [7, 11) is 0. The molecule has 0 heterocycles. The van der Waals surface area contributed by atoms with Gasteiger partial charge in [0.2, 0.25) is 0 Å². The highest BCUT2D eigenvalue weighted by Crippen LogP contribution is 2.39. The van der Waals surface area contributed by atoms with Crippen LogP contribution in [0.3, 0.4) is 0 Å². The van der Waals surface area contributed by atoms with Crippen molar-refractivity contribution in [2.24, 2.45) is 0 Å². The average Bonchev–Trinajstić information content (AvgIpc) is 2.65. The number of rotatable bonds is 7. The van der Waals surface area contributed by atoms with Crippen LogP contribution >= 0.6 is 0 Å². The molecule has 2 aromatic carbocycles. The molecule has 0 bridgehead atoms. The van der Waals surface area contributed by atoms with Crippen LogP contribution in [0, 0.1) is 0 Å². The molecule has 2 aromatic rings. The van der Waals surface area contributed by atoms with Crippen molar-refractivity contribution in [3.63, 3.8) is 0 Å². The predicted octanol–water partition coefficient (Wildman–Crippen LogP) is 5.45. The summed E-state index contributed by atoms with van der Waals surface area (Å²) in [4.78, 5) is 24.7. The summed E-state index contributed by atoms with van der Waals surface area (Å²) in [6.45, 7) is 7.41. The van der Waals surface area contributed by atoms with E-state index in [9.17, 15) is 22.8 Å². The molecule has 0 aromatic heterocycles. The van der Waals surface area contributed by atoms with Gasteiger partial charge in [0.15, 0.2) is 6.61 Å². The van der Waals surface area contributed by atoms with Crippen molar-refractivity contribution in [2.75, 3.05) is 6.61 Å². The van der Waals surface area contributed by atoms with Gasteiger partial charge in [0, 0.05) is 12.1 Å². The summed E-state index contributed by atoms with van der Waals surface area (Å²) in [5, 5.41) is 8.62. The minimum Gasteiger partial charge on any atom is -0.484 e. The van der Waals surface area contributed by atoms with Gasteiger partial charge in [-0.15, -0.1) is 0 Å². The molecule has 0 unspecified atom stereocenters. The number of benzene rings is 2. The smallest absolute Gasteiger partial charge is 0.484 e. The highest BCUT2D eigenvalue weighted by atomic mass is 19.4. The fourth-order valence-corrected chi connectivity index (χ4v) is 3.30. The van der Waals surface area contributed by atoms with Crippen molar-refractivity contribution in [2.45, 2.75) is 46.0 Å². The number of carboxylic acid groups (broad SMARTS) is 1. The second-order valence-electron chi connectivity index (χ2n) is 7.37. The number of ether oxygens (including phenoxy) is 2. The lowest BCUT2D eigenvalue weighted by Gasteiger charge is -2.30. The van der Waals surface area contributed by atoms with Crippen molar-refractivity contribution in [1.29, 1.82) is 0 Å². The highest BCUT2D eigenvalue weighted by molar-refractivity contribution is 5.78. The Morgan fingerprint density at radius 1 is 0.968 bits per heavy atom. The average molecular weight is 439 g/mol. The minimum atomic E-state index is -4.72. The van der Waals surface area contributed by atoms with E-state index in [0.717, 1.165) is 12.1 Å². The van der Waals surface area contributed by atoms with Crippen LogP contribution in [0.2, 0.25) is 0 Å². The van der Waals surface area contributed by atoms with Gasteiger partial charge in [0.05, 0.1) is 5.56 Å². The first-order chi connectivity index (χ1) is 14.4. The molecule has 6 nitrogen and oxygen atoms in total. The Labute approximate surface area is 178 Å². The third-order valence-electron chi connectivity index (χ3n) is 4.43. The van der Waals surface area contributed by atoms with Crippen molar-refractivity contribution < 1.29 is 37.3 Å². The molecule has 168 valence electrons. The number of carbonyl (C=O) groups is 2. The Morgan fingerprint density at radius 2 is 1.52 bits per heavy atom. The SMILES string of the molecule is CC(C)N(C(=O)COc1ccc(-c2ccc(OC(=O)O)cc2C(F)(F)F)cc1)C(C)C. The molecule has 0 fully saturated rings. The maximum Gasteiger partial charge on any atom is 0.511 e. The van der Waals surface area contributed by atoms with Gasteiger partial charge >= 0.3 is 12.3 Å². The lowest BCUT2D eigenvalue weighted by atomic mass is 9.99. The standard InChI is InChI=1S/C22H24F3NO5/c1-13(2)26(14(3)4)20(27)12-30-16-7-5-15(6-8-16)18-10-9-17(31-21(28)29)11-19(18)22(23,24)25/h5-11,13-14H,12H2,1-4H3,(H,28,29). The van der Waals surface area contributed by atoms with E-state index in [-0.39, 0.29) is 35.7 Å². The van der Waals surface area contributed by atoms with Gasteiger partial charge in [0.1, 0.15) is 11.5 Å². The maximum atomic E-state index is 13.5. The minimum absolute atomic E-state index is 0.00680. The van der Waals surface area contributed by atoms with Gasteiger partial charge < -0.3 is 19.5 Å². The third-order valence-corrected chi connectivity index (χ3v) is 4.43. The first-order valence-electron chi connectivity index (χ1n) is 9.56. The molecule has 0 spiro atoms. The van der Waals surface area contributed by atoms with E-state index >= 15 is 0 Å². The van der Waals surface area contributed by atoms with Gasteiger partial charge in [0.25, 0.3) is 5.91 Å². The van der Waals surface area contributed by atoms with E-state index in [2.05, 4.69) is 4.74 Å². The van der Waals surface area contributed by atoms with E-state index in [1.807, 2.05) is 27.7 Å². The normalized spacial score (nSPS) is 11.5. The van der Waals surface area contributed by atoms with Crippen molar-refractivity contribution >= 4 is 12.1 Å². The number of carbonyl (C=O) groups excluding carboxylic acids is 1. The quantitative estimate of drug-likeness (QED) is 0.458. The van der Waals surface area contributed by atoms with Crippen LogP contribution in [-0.4, -0.2) is 40.8 Å². The lowest BCUT2D eigenvalue weighted by molar-refractivity contribution is -0.137. The van der Waals surface area contributed by atoms with E-state index in [4.69, 9.17) is 9.84 Å². The molecule has 0 aliphatic heterocycles. The van der Waals surface area contributed by atoms with Gasteiger partial charge in [-0.25, -0.2) is 4.79 Å². The topological polar surface area (TPSA) is 76.1 Å². The molecule has 9 heteroatoms. The monoisotopic (exact) mass is 439 g/mol. The van der Waals surface area contributed by atoms with Crippen LogP contribution in [0.4, 0.5) is 18.0 Å². The largest absolute Gasteiger partial charge is 0.511 e. The van der Waals surface area contributed by atoms with E-state index in [1.54, 1.807) is 4.90 Å². The number of halogens is 3. The molecule has 0 aliphatic carbocycles. The van der Waals surface area contributed by atoms with Crippen LogP contribution in [0.5, 0.6) is 11.5 Å². The molecule has 1 amide bonds. The van der Waals surface area contributed by atoms with Crippen LogP contribution in [-0.2, 0) is 11.0 Å². The molecule has 0 radical (unpaired) electrons. The Bertz CT molecular complexity index is 916. The Balaban J connectivity index is 2.21. The van der Waals surface area contributed by atoms with Crippen LogP contribution in [0.15, 0.2) is 42.5 Å². The lowest BCUT2D eigenvalue weighted by Crippen LogP contribution is -2.44. The summed E-state index contributed by atoms with van der Waals surface area (Å²) in [6.07, 6.45) is -6.42. The summed E-state index contributed by atoms with van der Waals surface area (Å²) >= 11 is 0. The van der Waals surface area contributed by atoms with Crippen molar-refractivity contribution in [3.8, 4) is 22.6 Å². The fraction of sp³-hybridized carbons (Fsp3) is 0.364.